The fourth-order valence-electron chi connectivity index (χ4n) is 2.84. The van der Waals surface area contributed by atoms with Gasteiger partial charge in [0, 0.05) is 23.5 Å². The summed E-state index contributed by atoms with van der Waals surface area (Å²) in [6.45, 7) is 2.30. The highest BCUT2D eigenvalue weighted by Gasteiger charge is 2.26. The summed E-state index contributed by atoms with van der Waals surface area (Å²) in [6, 6.07) is 12.0. The lowest BCUT2D eigenvalue weighted by atomic mass is 10.1. The van der Waals surface area contributed by atoms with Gasteiger partial charge in [-0.05, 0) is 42.8 Å². The second-order valence-electron chi connectivity index (χ2n) is 5.98. The minimum atomic E-state index is -3.99. The van der Waals surface area contributed by atoms with Gasteiger partial charge in [-0.2, -0.15) is 4.72 Å². The molecule has 0 spiro atoms. The topological polar surface area (TPSA) is 108 Å². The van der Waals surface area contributed by atoms with E-state index in [0.717, 1.165) is 16.5 Å². The van der Waals surface area contributed by atoms with Crippen molar-refractivity contribution in [3.8, 4) is 5.75 Å². The highest BCUT2D eigenvalue weighted by Crippen LogP contribution is 2.21. The lowest BCUT2D eigenvalue weighted by Gasteiger charge is -2.15. The first-order valence-corrected chi connectivity index (χ1v) is 9.92. The summed E-state index contributed by atoms with van der Waals surface area (Å²) in [4.78, 5) is 14.7. The van der Waals surface area contributed by atoms with Gasteiger partial charge in [-0.1, -0.05) is 18.2 Å². The van der Waals surface area contributed by atoms with Crippen LogP contribution in [-0.4, -0.2) is 37.1 Å². The molecule has 0 saturated heterocycles. The van der Waals surface area contributed by atoms with Gasteiger partial charge >= 0.3 is 5.97 Å². The molecule has 0 saturated carbocycles. The van der Waals surface area contributed by atoms with Gasteiger partial charge in [0.25, 0.3) is 0 Å². The first kappa shape index (κ1) is 18.9. The third-order valence-corrected chi connectivity index (χ3v) is 5.63. The molecule has 3 N–H and O–H groups in total. The Morgan fingerprint density at radius 1 is 1.19 bits per heavy atom. The third kappa shape index (κ3) is 4.29. The number of benzene rings is 2. The number of aromatic amines is 1. The molecule has 1 atom stereocenters. The molecule has 27 heavy (non-hydrogen) atoms. The van der Waals surface area contributed by atoms with Gasteiger partial charge in [0.2, 0.25) is 10.0 Å². The van der Waals surface area contributed by atoms with Crippen LogP contribution in [0.2, 0.25) is 0 Å². The maximum atomic E-state index is 12.6. The summed E-state index contributed by atoms with van der Waals surface area (Å²) < 4.78 is 32.7. The Hall–Kier alpha value is -2.84. The largest absolute Gasteiger partial charge is 0.494 e. The Balaban J connectivity index is 1.82. The molecule has 0 unspecified atom stereocenters. The molecule has 1 heterocycles. The Labute approximate surface area is 157 Å². The molecule has 0 radical (unpaired) electrons. The van der Waals surface area contributed by atoms with E-state index in [-0.39, 0.29) is 11.3 Å². The molecule has 3 rings (SSSR count). The molecule has 0 aliphatic heterocycles. The van der Waals surface area contributed by atoms with Crippen LogP contribution in [0.25, 0.3) is 10.9 Å². The number of carboxylic acid groups (broad SMARTS) is 1. The first-order chi connectivity index (χ1) is 12.9. The first-order valence-electron chi connectivity index (χ1n) is 8.43. The van der Waals surface area contributed by atoms with E-state index in [4.69, 9.17) is 4.74 Å². The van der Waals surface area contributed by atoms with Crippen LogP contribution in [0.3, 0.4) is 0 Å². The van der Waals surface area contributed by atoms with Crippen molar-refractivity contribution in [2.45, 2.75) is 24.3 Å². The van der Waals surface area contributed by atoms with E-state index >= 15 is 0 Å². The Morgan fingerprint density at radius 2 is 1.89 bits per heavy atom. The van der Waals surface area contributed by atoms with E-state index in [0.29, 0.717) is 12.4 Å². The zero-order valence-corrected chi connectivity index (χ0v) is 15.5. The minimum absolute atomic E-state index is 0.0175. The van der Waals surface area contributed by atoms with Crippen molar-refractivity contribution in [1.82, 2.24) is 9.71 Å². The Bertz CT molecular complexity index is 1040. The molecular formula is C19H20N2O5S. The van der Waals surface area contributed by atoms with E-state index in [9.17, 15) is 18.3 Å². The fourth-order valence-corrected chi connectivity index (χ4v) is 4.03. The number of carbonyl (C=O) groups is 1. The number of carboxylic acids is 1. The van der Waals surface area contributed by atoms with Crippen molar-refractivity contribution in [3.63, 3.8) is 0 Å². The monoisotopic (exact) mass is 388 g/mol. The van der Waals surface area contributed by atoms with Crippen LogP contribution in [0.4, 0.5) is 0 Å². The minimum Gasteiger partial charge on any atom is -0.494 e. The van der Waals surface area contributed by atoms with Crippen LogP contribution in [-0.2, 0) is 21.2 Å². The highest BCUT2D eigenvalue weighted by molar-refractivity contribution is 7.89. The number of ether oxygens (including phenoxy) is 1. The Morgan fingerprint density at radius 3 is 2.56 bits per heavy atom. The molecule has 0 aliphatic rings. The van der Waals surface area contributed by atoms with Crippen LogP contribution in [0.15, 0.2) is 59.6 Å². The molecule has 2 aromatic carbocycles. The van der Waals surface area contributed by atoms with Gasteiger partial charge in [0.15, 0.2) is 0 Å². The predicted octanol–water partition coefficient (Wildman–Crippen LogP) is 2.54. The van der Waals surface area contributed by atoms with Gasteiger partial charge in [-0.25, -0.2) is 8.42 Å². The zero-order valence-electron chi connectivity index (χ0n) is 14.7. The van der Waals surface area contributed by atoms with Crippen molar-refractivity contribution >= 4 is 26.9 Å². The molecule has 7 nitrogen and oxygen atoms in total. The maximum Gasteiger partial charge on any atom is 0.322 e. The van der Waals surface area contributed by atoms with Crippen molar-refractivity contribution in [2.75, 3.05) is 6.61 Å². The molecule has 0 fully saturated rings. The number of sulfonamides is 1. The van der Waals surface area contributed by atoms with Crippen LogP contribution in [0.1, 0.15) is 12.5 Å². The molecule has 1 aromatic heterocycles. The van der Waals surface area contributed by atoms with Gasteiger partial charge in [-0.15, -0.1) is 0 Å². The average Bonchev–Trinajstić information content (AvgIpc) is 3.05. The van der Waals surface area contributed by atoms with Crippen LogP contribution in [0.5, 0.6) is 5.75 Å². The average molecular weight is 388 g/mol. The number of hydrogen-bond donors (Lipinski definition) is 3. The van der Waals surface area contributed by atoms with Crippen molar-refractivity contribution in [3.05, 3.63) is 60.3 Å². The Kier molecular flexibility index (Phi) is 5.48. The van der Waals surface area contributed by atoms with Crippen molar-refractivity contribution in [1.29, 1.82) is 0 Å². The lowest BCUT2D eigenvalue weighted by molar-refractivity contribution is -0.138. The van der Waals surface area contributed by atoms with Crippen LogP contribution < -0.4 is 9.46 Å². The molecule has 3 aromatic rings. The quantitative estimate of drug-likeness (QED) is 0.549. The number of para-hydroxylation sites is 1. The smallest absolute Gasteiger partial charge is 0.322 e. The summed E-state index contributed by atoms with van der Waals surface area (Å²) in [6.07, 6.45) is 1.72. The number of hydrogen-bond acceptors (Lipinski definition) is 4. The number of fused-ring (bicyclic) bond motifs is 1. The van der Waals surface area contributed by atoms with Crippen molar-refractivity contribution in [2.24, 2.45) is 0 Å². The number of rotatable bonds is 8. The van der Waals surface area contributed by atoms with E-state index in [1.165, 1.54) is 24.3 Å². The fraction of sp³-hybridized carbons (Fsp3) is 0.211. The summed E-state index contributed by atoms with van der Waals surface area (Å²) in [5, 5.41) is 10.4. The third-order valence-electron chi connectivity index (χ3n) is 4.14. The molecule has 0 aliphatic carbocycles. The number of aromatic nitrogens is 1. The molecule has 0 amide bonds. The summed E-state index contributed by atoms with van der Waals surface area (Å²) in [7, 11) is -3.99. The standard InChI is InChI=1S/C19H20N2O5S/c1-2-26-14-7-9-15(10-8-14)27(24,25)21-18(19(22)23)11-13-12-20-17-6-4-3-5-16(13)17/h3-10,12,18,20-21H,2,11H2,1H3,(H,22,23)/t18-/m0/s1. The van der Waals surface area contributed by atoms with Gasteiger partial charge in [0.1, 0.15) is 11.8 Å². The molecule has 142 valence electrons. The molecule has 8 heteroatoms. The van der Waals surface area contributed by atoms with E-state index < -0.39 is 22.0 Å². The lowest BCUT2D eigenvalue weighted by Crippen LogP contribution is -2.42. The summed E-state index contributed by atoms with van der Waals surface area (Å²) in [5.74, 6) is -0.695. The second kappa shape index (κ2) is 7.81. The van der Waals surface area contributed by atoms with E-state index in [1.807, 2.05) is 31.2 Å². The normalized spacial score (nSPS) is 12.8. The van der Waals surface area contributed by atoms with Crippen LogP contribution >= 0.6 is 0 Å². The second-order valence-corrected chi connectivity index (χ2v) is 7.69. The predicted molar refractivity (Wildman–Crippen MR) is 101 cm³/mol. The number of nitrogens with one attached hydrogen (secondary N) is 2. The van der Waals surface area contributed by atoms with Gasteiger partial charge in [-0.3, -0.25) is 4.79 Å². The van der Waals surface area contributed by atoms with E-state index in [1.54, 1.807) is 6.20 Å². The van der Waals surface area contributed by atoms with Gasteiger partial charge in [0.05, 0.1) is 11.5 Å². The summed E-state index contributed by atoms with van der Waals surface area (Å²) in [5.41, 5.74) is 1.60. The zero-order chi connectivity index (χ0) is 19.4. The molecule has 0 bridgehead atoms. The SMILES string of the molecule is CCOc1ccc(S(=O)(=O)N[C@@H](Cc2c[nH]c3ccccc23)C(=O)O)cc1. The highest BCUT2D eigenvalue weighted by atomic mass is 32.2. The maximum absolute atomic E-state index is 12.6. The van der Waals surface area contributed by atoms with Gasteiger partial charge < -0.3 is 14.8 Å². The van der Waals surface area contributed by atoms with E-state index in [2.05, 4.69) is 9.71 Å². The molecular weight excluding hydrogens is 368 g/mol. The van der Waals surface area contributed by atoms with Crippen LogP contribution in [0, 0.1) is 0 Å². The summed E-state index contributed by atoms with van der Waals surface area (Å²) >= 11 is 0. The number of aliphatic carboxylic acids is 1. The number of H-pyrrole nitrogens is 1. The van der Waals surface area contributed by atoms with Crippen molar-refractivity contribution < 1.29 is 23.1 Å².